The Kier molecular flexibility index (Phi) is 7.06. The van der Waals surface area contributed by atoms with Crippen LogP contribution in [0, 0.1) is 5.92 Å². The molecule has 1 amide bonds. The number of rotatable bonds is 7. The van der Waals surface area contributed by atoms with Crippen LogP contribution in [-0.4, -0.2) is 48.0 Å². The molecular formula is C19H30N2O3. The lowest BCUT2D eigenvalue weighted by molar-refractivity contribution is 0.0816. The number of hydrogen-bond donors (Lipinski definition) is 3. The molecule has 0 aliphatic carbocycles. The van der Waals surface area contributed by atoms with Gasteiger partial charge in [-0.2, -0.15) is 0 Å². The molecule has 3 N–H and O–H groups in total. The molecule has 1 aromatic rings. The van der Waals surface area contributed by atoms with E-state index in [1.54, 1.807) is 0 Å². The van der Waals surface area contributed by atoms with Gasteiger partial charge in [0.05, 0.1) is 12.2 Å². The summed E-state index contributed by atoms with van der Waals surface area (Å²) in [6.45, 7) is 6.08. The number of carbonyl (C=O) groups excluding carboxylic acids is 1. The smallest absolute Gasteiger partial charge is 0.251 e. The lowest BCUT2D eigenvalue weighted by Crippen LogP contribution is -2.36. The maximum absolute atomic E-state index is 12.2. The molecule has 1 aliphatic heterocycles. The first-order valence-electron chi connectivity index (χ1n) is 9.04. The number of carbonyl (C=O) groups is 1. The number of anilines is 1. The number of nitrogens with one attached hydrogen (secondary N) is 1. The van der Waals surface area contributed by atoms with Crippen LogP contribution < -0.4 is 10.2 Å². The number of aliphatic hydroxyl groups is 2. The van der Waals surface area contributed by atoms with Gasteiger partial charge in [-0.3, -0.25) is 4.79 Å². The maximum Gasteiger partial charge on any atom is 0.251 e. The van der Waals surface area contributed by atoms with E-state index in [2.05, 4.69) is 24.1 Å². The third-order valence-electron chi connectivity index (χ3n) is 5.02. The van der Waals surface area contributed by atoms with Crippen LogP contribution in [0.15, 0.2) is 24.3 Å². The average Bonchev–Trinajstić information content (AvgIpc) is 2.61. The van der Waals surface area contributed by atoms with Crippen molar-refractivity contribution in [2.24, 2.45) is 5.92 Å². The van der Waals surface area contributed by atoms with Crippen molar-refractivity contribution in [1.82, 2.24) is 5.32 Å². The van der Waals surface area contributed by atoms with E-state index >= 15 is 0 Å². The van der Waals surface area contributed by atoms with E-state index < -0.39 is 6.10 Å². The fraction of sp³-hybridized carbons (Fsp3) is 0.632. The molecule has 1 aromatic carbocycles. The minimum Gasteiger partial charge on any atom is -0.393 e. The molecule has 0 radical (unpaired) electrons. The van der Waals surface area contributed by atoms with Gasteiger partial charge >= 0.3 is 0 Å². The second-order valence-electron chi connectivity index (χ2n) is 6.62. The molecule has 0 bridgehead atoms. The molecule has 0 saturated carbocycles. The molecule has 1 aliphatic rings. The van der Waals surface area contributed by atoms with E-state index in [9.17, 15) is 15.0 Å². The van der Waals surface area contributed by atoms with Crippen LogP contribution in [0.5, 0.6) is 0 Å². The Morgan fingerprint density at radius 3 is 2.33 bits per heavy atom. The van der Waals surface area contributed by atoms with Crippen LogP contribution in [-0.2, 0) is 0 Å². The summed E-state index contributed by atoms with van der Waals surface area (Å²) >= 11 is 0. The van der Waals surface area contributed by atoms with Crippen molar-refractivity contribution >= 4 is 11.6 Å². The zero-order chi connectivity index (χ0) is 17.5. The Morgan fingerprint density at radius 1 is 1.21 bits per heavy atom. The zero-order valence-corrected chi connectivity index (χ0v) is 14.7. The van der Waals surface area contributed by atoms with Gasteiger partial charge in [0.25, 0.3) is 5.91 Å². The summed E-state index contributed by atoms with van der Waals surface area (Å²) in [5, 5.41) is 22.5. The first-order valence-corrected chi connectivity index (χ1v) is 9.04. The highest BCUT2D eigenvalue weighted by molar-refractivity contribution is 5.94. The monoisotopic (exact) mass is 334 g/mol. The van der Waals surface area contributed by atoms with Gasteiger partial charge in [0.1, 0.15) is 0 Å². The lowest BCUT2D eigenvalue weighted by Gasteiger charge is -2.31. The van der Waals surface area contributed by atoms with Gasteiger partial charge < -0.3 is 20.4 Å². The predicted molar refractivity (Wildman–Crippen MR) is 96.3 cm³/mol. The third kappa shape index (κ3) is 4.95. The Labute approximate surface area is 144 Å². The van der Waals surface area contributed by atoms with Gasteiger partial charge in [-0.25, -0.2) is 0 Å². The van der Waals surface area contributed by atoms with Crippen LogP contribution in [0.1, 0.15) is 49.9 Å². The standard InChI is InChI=1S/C19H30N2O3/c1-3-14(4-2)18(23)13-20-19(24)15-5-7-16(8-6-15)21-11-9-17(22)10-12-21/h5-8,14,17-18,22-23H,3-4,9-13H2,1-2H3,(H,20,24)/t18-/m0/s1. The highest BCUT2D eigenvalue weighted by Crippen LogP contribution is 2.20. The number of hydrogen-bond acceptors (Lipinski definition) is 4. The Morgan fingerprint density at radius 2 is 1.79 bits per heavy atom. The van der Waals surface area contributed by atoms with Gasteiger partial charge in [0.2, 0.25) is 0 Å². The van der Waals surface area contributed by atoms with E-state index in [1.807, 2.05) is 24.3 Å². The van der Waals surface area contributed by atoms with Gasteiger partial charge in [-0.15, -0.1) is 0 Å². The molecule has 0 aromatic heterocycles. The number of aliphatic hydroxyl groups excluding tert-OH is 2. The molecule has 1 heterocycles. The second-order valence-corrected chi connectivity index (χ2v) is 6.62. The minimum atomic E-state index is -0.497. The van der Waals surface area contributed by atoms with Crippen molar-refractivity contribution in [2.75, 3.05) is 24.5 Å². The Bertz CT molecular complexity index is 506. The van der Waals surface area contributed by atoms with E-state index in [-0.39, 0.29) is 24.5 Å². The molecular weight excluding hydrogens is 304 g/mol. The fourth-order valence-electron chi connectivity index (χ4n) is 3.25. The molecule has 1 saturated heterocycles. The van der Waals surface area contributed by atoms with Crippen LogP contribution in [0.4, 0.5) is 5.69 Å². The molecule has 2 rings (SSSR count). The van der Waals surface area contributed by atoms with Crippen LogP contribution in [0.2, 0.25) is 0 Å². The van der Waals surface area contributed by atoms with Crippen molar-refractivity contribution in [1.29, 1.82) is 0 Å². The maximum atomic E-state index is 12.2. The number of piperidine rings is 1. The van der Waals surface area contributed by atoms with Gasteiger partial charge in [0, 0.05) is 30.9 Å². The molecule has 5 nitrogen and oxygen atoms in total. The first kappa shape index (κ1) is 18.7. The minimum absolute atomic E-state index is 0.152. The van der Waals surface area contributed by atoms with E-state index in [1.165, 1.54) is 0 Å². The van der Waals surface area contributed by atoms with Crippen LogP contribution >= 0.6 is 0 Å². The predicted octanol–water partition coefficient (Wildman–Crippen LogP) is 2.17. The fourth-order valence-corrected chi connectivity index (χ4v) is 3.25. The largest absolute Gasteiger partial charge is 0.393 e. The summed E-state index contributed by atoms with van der Waals surface area (Å²) in [5.41, 5.74) is 1.68. The third-order valence-corrected chi connectivity index (χ3v) is 5.02. The number of amides is 1. The highest BCUT2D eigenvalue weighted by atomic mass is 16.3. The van der Waals surface area contributed by atoms with E-state index in [0.29, 0.717) is 5.56 Å². The SMILES string of the molecule is CCC(CC)[C@@H](O)CNC(=O)c1ccc(N2CCC(O)CC2)cc1. The van der Waals surface area contributed by atoms with Crippen molar-refractivity contribution in [3.05, 3.63) is 29.8 Å². The Hall–Kier alpha value is -1.59. The van der Waals surface area contributed by atoms with Gasteiger partial charge in [-0.1, -0.05) is 26.7 Å². The van der Waals surface area contributed by atoms with Crippen molar-refractivity contribution in [3.8, 4) is 0 Å². The topological polar surface area (TPSA) is 72.8 Å². The van der Waals surface area contributed by atoms with Gasteiger partial charge in [0.15, 0.2) is 0 Å². The van der Waals surface area contributed by atoms with E-state index in [4.69, 9.17) is 0 Å². The normalized spacial score (nSPS) is 17.1. The molecule has 5 heteroatoms. The second kappa shape index (κ2) is 9.04. The van der Waals surface area contributed by atoms with Crippen LogP contribution in [0.3, 0.4) is 0 Å². The van der Waals surface area contributed by atoms with Gasteiger partial charge in [-0.05, 0) is 43.0 Å². The van der Waals surface area contributed by atoms with Crippen molar-refractivity contribution in [3.63, 3.8) is 0 Å². The zero-order valence-electron chi connectivity index (χ0n) is 14.7. The summed E-state index contributed by atoms with van der Waals surface area (Å²) in [5.74, 6) is 0.0720. The highest BCUT2D eigenvalue weighted by Gasteiger charge is 2.18. The summed E-state index contributed by atoms with van der Waals surface area (Å²) in [7, 11) is 0. The molecule has 1 fully saturated rings. The molecule has 0 unspecified atom stereocenters. The first-order chi connectivity index (χ1) is 11.5. The Balaban J connectivity index is 1.87. The summed E-state index contributed by atoms with van der Waals surface area (Å²) in [6, 6.07) is 7.53. The van der Waals surface area contributed by atoms with Crippen molar-refractivity contribution in [2.45, 2.75) is 51.7 Å². The van der Waals surface area contributed by atoms with E-state index in [0.717, 1.165) is 44.5 Å². The number of benzene rings is 1. The average molecular weight is 334 g/mol. The number of nitrogens with zero attached hydrogens (tertiary/aromatic N) is 1. The summed E-state index contributed by atoms with van der Waals surface area (Å²) in [6.07, 6.45) is 2.71. The quantitative estimate of drug-likeness (QED) is 0.714. The molecule has 0 spiro atoms. The molecule has 24 heavy (non-hydrogen) atoms. The van der Waals surface area contributed by atoms with Crippen LogP contribution in [0.25, 0.3) is 0 Å². The van der Waals surface area contributed by atoms with Crippen molar-refractivity contribution < 1.29 is 15.0 Å². The summed E-state index contributed by atoms with van der Waals surface area (Å²) < 4.78 is 0. The molecule has 134 valence electrons. The molecule has 1 atom stereocenters. The lowest BCUT2D eigenvalue weighted by atomic mass is 9.96. The summed E-state index contributed by atoms with van der Waals surface area (Å²) in [4.78, 5) is 14.4.